The Morgan fingerprint density at radius 2 is 1.61 bits per heavy atom. The number of anilines is 1. The molecule has 10 heteroatoms. The number of sulfonamides is 1. The minimum Gasteiger partial charge on any atom is -0.352 e. The monoisotopic (exact) mass is 597 g/mol. The molecule has 0 saturated carbocycles. The Morgan fingerprint density at radius 3 is 2.22 bits per heavy atom. The highest BCUT2D eigenvalue weighted by Crippen LogP contribution is 2.24. The maximum absolute atomic E-state index is 14.1. The van der Waals surface area contributed by atoms with E-state index in [0.29, 0.717) is 22.6 Å². The summed E-state index contributed by atoms with van der Waals surface area (Å²) in [6.07, 6.45) is 1.89. The molecule has 3 aromatic rings. The molecule has 8 nitrogen and oxygen atoms in total. The van der Waals surface area contributed by atoms with Gasteiger partial charge in [-0.05, 0) is 49.6 Å². The van der Waals surface area contributed by atoms with Crippen molar-refractivity contribution in [3.63, 3.8) is 0 Å². The largest absolute Gasteiger partial charge is 0.352 e. The third kappa shape index (κ3) is 8.90. The number of nitrogens with one attached hydrogen (secondary N) is 1. The zero-order chi connectivity index (χ0) is 30.2. The molecule has 0 heterocycles. The zero-order valence-corrected chi connectivity index (χ0v) is 25.3. The maximum Gasteiger partial charge on any atom is 0.244 e. The number of Topliss-reactive ketones (excluding diaryl/α,β-unsaturated/α-hetero) is 1. The number of ketones is 1. The number of amides is 2. The van der Waals surface area contributed by atoms with Crippen molar-refractivity contribution in [3.8, 4) is 0 Å². The summed E-state index contributed by atoms with van der Waals surface area (Å²) in [4.78, 5) is 41.2. The van der Waals surface area contributed by atoms with Crippen LogP contribution < -0.4 is 9.62 Å². The highest BCUT2D eigenvalue weighted by molar-refractivity contribution is 7.92. The Labute approximate surface area is 247 Å². The highest BCUT2D eigenvalue weighted by atomic mass is 35.5. The van der Waals surface area contributed by atoms with Crippen molar-refractivity contribution in [1.29, 1.82) is 0 Å². The first-order valence-corrected chi connectivity index (χ1v) is 15.6. The molecule has 0 saturated heterocycles. The molecule has 2 unspecified atom stereocenters. The molecule has 3 rings (SSSR count). The third-order valence-electron chi connectivity index (χ3n) is 6.79. The Kier molecular flexibility index (Phi) is 11.1. The molecule has 218 valence electrons. The van der Waals surface area contributed by atoms with Crippen molar-refractivity contribution in [2.75, 3.05) is 17.1 Å². The number of benzene rings is 3. The molecule has 3 aromatic carbocycles. The lowest BCUT2D eigenvalue weighted by molar-refractivity contribution is -0.140. The van der Waals surface area contributed by atoms with Gasteiger partial charge in [0.15, 0.2) is 5.78 Å². The van der Waals surface area contributed by atoms with Gasteiger partial charge < -0.3 is 10.2 Å². The molecule has 0 aromatic heterocycles. The lowest BCUT2D eigenvalue weighted by Gasteiger charge is -2.34. The Morgan fingerprint density at radius 1 is 0.951 bits per heavy atom. The van der Waals surface area contributed by atoms with E-state index in [9.17, 15) is 22.8 Å². The van der Waals surface area contributed by atoms with Gasteiger partial charge in [-0.3, -0.25) is 18.7 Å². The topological polar surface area (TPSA) is 104 Å². The van der Waals surface area contributed by atoms with Gasteiger partial charge in [0.1, 0.15) is 12.6 Å². The molecule has 0 spiro atoms. The van der Waals surface area contributed by atoms with Gasteiger partial charge in [0.05, 0.1) is 11.9 Å². The fourth-order valence-corrected chi connectivity index (χ4v) is 5.34. The van der Waals surface area contributed by atoms with Crippen LogP contribution in [0.15, 0.2) is 78.9 Å². The minimum atomic E-state index is -3.95. The highest BCUT2D eigenvalue weighted by Gasteiger charge is 2.33. The standard InChI is InChI=1S/C31H36ClN3O5S/c1-5-22(2)33-31(38)29(18-24-12-7-6-8-13-24)34(20-26-14-9-10-17-28(26)32)30(37)21-35(41(4,39)40)27-16-11-15-25(19-27)23(3)36/h6-17,19,22,29H,5,18,20-21H2,1-4H3,(H,33,38). The smallest absolute Gasteiger partial charge is 0.244 e. The second kappa shape index (κ2) is 14.3. The lowest BCUT2D eigenvalue weighted by Crippen LogP contribution is -2.54. The van der Waals surface area contributed by atoms with E-state index in [2.05, 4.69) is 5.32 Å². The predicted octanol–water partition coefficient (Wildman–Crippen LogP) is 4.86. The van der Waals surface area contributed by atoms with E-state index in [0.717, 1.165) is 16.1 Å². The summed E-state index contributed by atoms with van der Waals surface area (Å²) in [5.41, 5.74) is 1.94. The number of carbonyl (C=O) groups is 3. The van der Waals surface area contributed by atoms with Crippen LogP contribution in [0.5, 0.6) is 0 Å². The molecule has 0 radical (unpaired) electrons. The average molecular weight is 598 g/mol. The van der Waals surface area contributed by atoms with Gasteiger partial charge in [-0.15, -0.1) is 0 Å². The van der Waals surface area contributed by atoms with Crippen molar-refractivity contribution in [2.45, 2.75) is 52.2 Å². The summed E-state index contributed by atoms with van der Waals surface area (Å²) in [5, 5.41) is 3.40. The third-order valence-corrected chi connectivity index (χ3v) is 8.30. The number of nitrogens with zero attached hydrogens (tertiary/aromatic N) is 2. The van der Waals surface area contributed by atoms with E-state index in [1.165, 1.54) is 24.0 Å². The van der Waals surface area contributed by atoms with Gasteiger partial charge in [-0.25, -0.2) is 8.42 Å². The Balaban J connectivity index is 2.09. The predicted molar refractivity (Wildman–Crippen MR) is 162 cm³/mol. The van der Waals surface area contributed by atoms with Gasteiger partial charge in [-0.2, -0.15) is 0 Å². The number of hydrogen-bond acceptors (Lipinski definition) is 5. The first-order valence-electron chi connectivity index (χ1n) is 13.4. The SMILES string of the molecule is CCC(C)NC(=O)C(Cc1ccccc1)N(Cc1ccccc1Cl)C(=O)CN(c1cccc(C(C)=O)c1)S(C)(=O)=O. The summed E-state index contributed by atoms with van der Waals surface area (Å²) in [6, 6.07) is 21.3. The van der Waals surface area contributed by atoms with E-state index < -0.39 is 28.5 Å². The molecule has 2 atom stereocenters. The molecule has 0 bridgehead atoms. The number of rotatable bonds is 13. The van der Waals surface area contributed by atoms with Gasteiger partial charge >= 0.3 is 0 Å². The van der Waals surface area contributed by atoms with E-state index in [4.69, 9.17) is 11.6 Å². The second-order valence-electron chi connectivity index (χ2n) is 10.0. The van der Waals surface area contributed by atoms with Crippen LogP contribution in [0.25, 0.3) is 0 Å². The van der Waals surface area contributed by atoms with Crippen LogP contribution in [0.4, 0.5) is 5.69 Å². The molecule has 0 aliphatic carbocycles. The first-order chi connectivity index (χ1) is 19.4. The van der Waals surface area contributed by atoms with E-state index in [-0.39, 0.29) is 36.4 Å². The van der Waals surface area contributed by atoms with Crippen molar-refractivity contribution in [3.05, 3.63) is 101 Å². The van der Waals surface area contributed by atoms with Crippen molar-refractivity contribution >= 4 is 44.9 Å². The molecule has 0 aliphatic heterocycles. The normalized spacial score (nSPS) is 12.7. The quantitative estimate of drug-likeness (QED) is 0.283. The summed E-state index contributed by atoms with van der Waals surface area (Å²) in [6.45, 7) is 4.61. The van der Waals surface area contributed by atoms with Gasteiger partial charge in [0, 0.05) is 29.6 Å². The van der Waals surface area contributed by atoms with E-state index in [1.807, 2.05) is 44.2 Å². The van der Waals surface area contributed by atoms with Crippen LogP contribution in [0, 0.1) is 0 Å². The lowest BCUT2D eigenvalue weighted by atomic mass is 10.0. The van der Waals surface area contributed by atoms with E-state index >= 15 is 0 Å². The molecule has 41 heavy (non-hydrogen) atoms. The molecule has 2 amide bonds. The van der Waals surface area contributed by atoms with E-state index in [1.54, 1.807) is 36.4 Å². The summed E-state index contributed by atoms with van der Waals surface area (Å²) >= 11 is 6.47. The zero-order valence-electron chi connectivity index (χ0n) is 23.7. The maximum atomic E-state index is 14.1. The van der Waals surface area contributed by atoms with Crippen LogP contribution >= 0.6 is 11.6 Å². The molecular weight excluding hydrogens is 562 g/mol. The number of carbonyl (C=O) groups excluding carboxylic acids is 3. The van der Waals surface area contributed by atoms with Crippen LogP contribution in [0.2, 0.25) is 5.02 Å². The summed E-state index contributed by atoms with van der Waals surface area (Å²) in [5.74, 6) is -1.19. The average Bonchev–Trinajstić information content (AvgIpc) is 2.94. The Bertz CT molecular complexity index is 1480. The van der Waals surface area contributed by atoms with Crippen molar-refractivity contribution < 1.29 is 22.8 Å². The fourth-order valence-electron chi connectivity index (χ4n) is 4.30. The molecule has 1 N–H and O–H groups in total. The van der Waals surface area contributed by atoms with Gasteiger partial charge in [0.25, 0.3) is 0 Å². The summed E-state index contributed by atoms with van der Waals surface area (Å²) < 4.78 is 26.8. The van der Waals surface area contributed by atoms with Gasteiger partial charge in [-0.1, -0.05) is 79.2 Å². The number of halogens is 1. The number of hydrogen-bond donors (Lipinski definition) is 1. The second-order valence-corrected chi connectivity index (χ2v) is 12.3. The minimum absolute atomic E-state index is 0.0188. The Hall–Kier alpha value is -3.69. The van der Waals surface area contributed by atoms with Crippen molar-refractivity contribution in [2.24, 2.45) is 0 Å². The van der Waals surface area contributed by atoms with Crippen LogP contribution in [0.3, 0.4) is 0 Å². The summed E-state index contributed by atoms with van der Waals surface area (Å²) in [7, 11) is -3.95. The van der Waals surface area contributed by atoms with Crippen LogP contribution in [-0.4, -0.2) is 55.8 Å². The van der Waals surface area contributed by atoms with Crippen molar-refractivity contribution in [1.82, 2.24) is 10.2 Å². The molecule has 0 aliphatic rings. The van der Waals surface area contributed by atoms with Crippen LogP contribution in [0.1, 0.15) is 48.7 Å². The first kappa shape index (κ1) is 31.8. The van der Waals surface area contributed by atoms with Gasteiger partial charge in [0.2, 0.25) is 21.8 Å². The molecular formula is C31H36ClN3O5S. The molecule has 0 fully saturated rings. The fraction of sp³-hybridized carbons (Fsp3) is 0.323. The van der Waals surface area contributed by atoms with Crippen LogP contribution in [-0.2, 0) is 32.6 Å².